The standard InChI is InChI=1S/C12H18N2S/c1-15-12(13)14-10-6-5-9-11-7-3-2-4-8-11/h2-4,7-8H,5-6,9-10H2,1H3,(H2,13,14). The van der Waals surface area contributed by atoms with E-state index in [1.807, 2.05) is 12.3 Å². The van der Waals surface area contributed by atoms with Gasteiger partial charge in [-0.3, -0.25) is 4.99 Å². The molecule has 0 saturated carbocycles. The molecule has 3 heteroatoms. The Morgan fingerprint density at radius 2 is 2.00 bits per heavy atom. The first-order valence-corrected chi connectivity index (χ1v) is 6.43. The summed E-state index contributed by atoms with van der Waals surface area (Å²) in [5.41, 5.74) is 6.98. The lowest BCUT2D eigenvalue weighted by Crippen LogP contribution is -2.06. The lowest BCUT2D eigenvalue weighted by Gasteiger charge is -2.00. The van der Waals surface area contributed by atoms with E-state index in [9.17, 15) is 0 Å². The van der Waals surface area contributed by atoms with Crippen LogP contribution >= 0.6 is 11.8 Å². The topological polar surface area (TPSA) is 38.4 Å². The third kappa shape index (κ3) is 5.47. The van der Waals surface area contributed by atoms with Crippen LogP contribution < -0.4 is 5.73 Å². The van der Waals surface area contributed by atoms with E-state index >= 15 is 0 Å². The van der Waals surface area contributed by atoms with Crippen molar-refractivity contribution in [2.75, 3.05) is 12.8 Å². The van der Waals surface area contributed by atoms with E-state index in [0.717, 1.165) is 19.4 Å². The van der Waals surface area contributed by atoms with E-state index in [1.165, 1.54) is 23.7 Å². The van der Waals surface area contributed by atoms with Crippen LogP contribution in [0.1, 0.15) is 18.4 Å². The Bertz CT molecular complexity index is 296. The van der Waals surface area contributed by atoms with Crippen LogP contribution in [-0.2, 0) is 6.42 Å². The number of thioether (sulfide) groups is 1. The third-order valence-electron chi connectivity index (χ3n) is 2.19. The van der Waals surface area contributed by atoms with Crippen LogP contribution in [0.25, 0.3) is 0 Å². The smallest absolute Gasteiger partial charge is 0.153 e. The molecular weight excluding hydrogens is 204 g/mol. The van der Waals surface area contributed by atoms with Crippen molar-refractivity contribution in [3.8, 4) is 0 Å². The molecule has 15 heavy (non-hydrogen) atoms. The summed E-state index contributed by atoms with van der Waals surface area (Å²) >= 11 is 1.51. The van der Waals surface area contributed by atoms with Crippen LogP contribution in [0.15, 0.2) is 35.3 Å². The number of aliphatic imine (C=N–C) groups is 1. The lowest BCUT2D eigenvalue weighted by molar-refractivity contribution is 0.746. The molecule has 0 unspecified atom stereocenters. The second-order valence-corrected chi connectivity index (χ2v) is 4.19. The predicted molar refractivity (Wildman–Crippen MR) is 69.4 cm³/mol. The summed E-state index contributed by atoms with van der Waals surface area (Å²) in [5.74, 6) is 0. The van der Waals surface area contributed by atoms with E-state index in [-0.39, 0.29) is 0 Å². The molecule has 82 valence electrons. The van der Waals surface area contributed by atoms with Gasteiger partial charge in [-0.2, -0.15) is 0 Å². The highest BCUT2D eigenvalue weighted by molar-refractivity contribution is 8.13. The van der Waals surface area contributed by atoms with Crippen molar-refractivity contribution in [2.45, 2.75) is 19.3 Å². The molecule has 2 nitrogen and oxygen atoms in total. The van der Waals surface area contributed by atoms with Gasteiger partial charge >= 0.3 is 0 Å². The maximum atomic E-state index is 5.58. The fraction of sp³-hybridized carbons (Fsp3) is 0.417. The van der Waals surface area contributed by atoms with Crippen molar-refractivity contribution in [3.63, 3.8) is 0 Å². The molecule has 0 radical (unpaired) electrons. The summed E-state index contributed by atoms with van der Waals surface area (Å²) in [6.45, 7) is 0.847. The minimum absolute atomic E-state index is 0.690. The SMILES string of the molecule is CSC(N)=NCCCCc1ccccc1. The van der Waals surface area contributed by atoms with Crippen LogP contribution in [0, 0.1) is 0 Å². The van der Waals surface area contributed by atoms with Crippen LogP contribution in [0.4, 0.5) is 0 Å². The lowest BCUT2D eigenvalue weighted by atomic mass is 10.1. The summed E-state index contributed by atoms with van der Waals surface area (Å²) in [5, 5.41) is 0.690. The second-order valence-electron chi connectivity index (χ2n) is 3.37. The molecule has 0 spiro atoms. The van der Waals surface area contributed by atoms with Gasteiger partial charge in [0.05, 0.1) is 0 Å². The van der Waals surface area contributed by atoms with Crippen LogP contribution in [0.2, 0.25) is 0 Å². The molecule has 0 amide bonds. The zero-order chi connectivity index (χ0) is 10.9. The fourth-order valence-corrected chi connectivity index (χ4v) is 1.56. The highest BCUT2D eigenvalue weighted by Crippen LogP contribution is 2.04. The molecule has 0 saturated heterocycles. The normalized spacial score (nSPS) is 11.7. The van der Waals surface area contributed by atoms with Crippen molar-refractivity contribution in [3.05, 3.63) is 35.9 Å². The number of nitrogens with two attached hydrogens (primary N) is 1. The van der Waals surface area contributed by atoms with Gasteiger partial charge in [0.15, 0.2) is 5.17 Å². The fourth-order valence-electron chi connectivity index (χ4n) is 1.34. The third-order valence-corrected chi connectivity index (χ3v) is 2.74. The van der Waals surface area contributed by atoms with Gasteiger partial charge in [-0.1, -0.05) is 42.1 Å². The molecule has 1 aromatic carbocycles. The minimum Gasteiger partial charge on any atom is -0.379 e. The zero-order valence-electron chi connectivity index (χ0n) is 9.15. The number of hydrogen-bond acceptors (Lipinski definition) is 2. The van der Waals surface area contributed by atoms with Crippen molar-refractivity contribution >= 4 is 16.9 Å². The highest BCUT2D eigenvalue weighted by atomic mass is 32.2. The van der Waals surface area contributed by atoms with Crippen LogP contribution in [0.5, 0.6) is 0 Å². The van der Waals surface area contributed by atoms with E-state index in [0.29, 0.717) is 5.17 Å². The van der Waals surface area contributed by atoms with E-state index in [2.05, 4.69) is 29.3 Å². The molecule has 0 aliphatic heterocycles. The van der Waals surface area contributed by atoms with Gasteiger partial charge in [0, 0.05) is 6.54 Å². The minimum atomic E-state index is 0.690. The predicted octanol–water partition coefficient (Wildman–Crippen LogP) is 2.69. The number of hydrogen-bond donors (Lipinski definition) is 1. The molecule has 0 heterocycles. The molecule has 0 atom stereocenters. The zero-order valence-corrected chi connectivity index (χ0v) is 9.96. The summed E-state index contributed by atoms with van der Waals surface area (Å²) in [7, 11) is 0. The molecular formula is C12H18N2S. The Labute approximate surface area is 96.0 Å². The summed E-state index contributed by atoms with van der Waals surface area (Å²) in [4.78, 5) is 4.23. The molecule has 1 aromatic rings. The van der Waals surface area contributed by atoms with Crippen LogP contribution in [0.3, 0.4) is 0 Å². The second kappa shape index (κ2) is 7.35. The molecule has 0 aliphatic rings. The summed E-state index contributed by atoms with van der Waals surface area (Å²) in [6.07, 6.45) is 5.36. The van der Waals surface area contributed by atoms with Gasteiger partial charge in [0.2, 0.25) is 0 Å². The Kier molecular flexibility index (Phi) is 5.93. The highest BCUT2D eigenvalue weighted by Gasteiger charge is 1.92. The Morgan fingerprint density at radius 3 is 2.67 bits per heavy atom. The van der Waals surface area contributed by atoms with Gasteiger partial charge < -0.3 is 5.73 Å². The molecule has 0 aromatic heterocycles. The Morgan fingerprint density at radius 1 is 1.27 bits per heavy atom. The molecule has 2 N–H and O–H groups in total. The number of amidine groups is 1. The van der Waals surface area contributed by atoms with Crippen molar-refractivity contribution in [1.29, 1.82) is 0 Å². The number of rotatable bonds is 5. The molecule has 1 rings (SSSR count). The van der Waals surface area contributed by atoms with E-state index < -0.39 is 0 Å². The van der Waals surface area contributed by atoms with Gasteiger partial charge in [-0.15, -0.1) is 0 Å². The first-order valence-electron chi connectivity index (χ1n) is 5.21. The number of unbranched alkanes of at least 4 members (excludes halogenated alkanes) is 1. The van der Waals surface area contributed by atoms with Gasteiger partial charge in [0.25, 0.3) is 0 Å². The van der Waals surface area contributed by atoms with Crippen LogP contribution in [-0.4, -0.2) is 18.0 Å². The maximum absolute atomic E-state index is 5.58. The maximum Gasteiger partial charge on any atom is 0.153 e. The summed E-state index contributed by atoms with van der Waals surface area (Å²) in [6, 6.07) is 10.5. The monoisotopic (exact) mass is 222 g/mol. The van der Waals surface area contributed by atoms with Crippen molar-refractivity contribution < 1.29 is 0 Å². The van der Waals surface area contributed by atoms with E-state index in [1.54, 1.807) is 0 Å². The van der Waals surface area contributed by atoms with E-state index in [4.69, 9.17) is 5.73 Å². The van der Waals surface area contributed by atoms with Crippen molar-refractivity contribution in [2.24, 2.45) is 10.7 Å². The van der Waals surface area contributed by atoms with Gasteiger partial charge in [-0.05, 0) is 31.1 Å². The first kappa shape index (κ1) is 12.1. The number of nitrogens with zero attached hydrogens (tertiary/aromatic N) is 1. The average molecular weight is 222 g/mol. The number of benzene rings is 1. The Balaban J connectivity index is 2.13. The largest absolute Gasteiger partial charge is 0.379 e. The molecule has 0 bridgehead atoms. The first-order chi connectivity index (χ1) is 7.33. The number of aryl methyl sites for hydroxylation is 1. The Hall–Kier alpha value is -0.960. The van der Waals surface area contributed by atoms with Crippen molar-refractivity contribution in [1.82, 2.24) is 0 Å². The molecule has 0 fully saturated rings. The average Bonchev–Trinajstić information content (AvgIpc) is 2.29. The quantitative estimate of drug-likeness (QED) is 0.472. The molecule has 0 aliphatic carbocycles. The van der Waals surface area contributed by atoms with Gasteiger partial charge in [0.1, 0.15) is 0 Å². The van der Waals surface area contributed by atoms with Gasteiger partial charge in [-0.25, -0.2) is 0 Å². The summed E-state index contributed by atoms with van der Waals surface area (Å²) < 4.78 is 0.